The number of hydrogen-bond donors (Lipinski definition) is 2. The SMILES string of the molecule is COc1ccc(CN2CCN(C(C)C)CC2)cc1OC.O=C(O)C(=O)O. The summed E-state index contributed by atoms with van der Waals surface area (Å²) in [6, 6.07) is 6.83. The topological polar surface area (TPSA) is 99.5 Å². The minimum absolute atomic E-state index is 0.651. The second-order valence-corrected chi connectivity index (χ2v) is 6.21. The number of ether oxygens (including phenoxy) is 2. The number of aliphatic carboxylic acids is 2. The van der Waals surface area contributed by atoms with Gasteiger partial charge in [0.15, 0.2) is 11.5 Å². The highest BCUT2D eigenvalue weighted by atomic mass is 16.5. The van der Waals surface area contributed by atoms with Gasteiger partial charge in [0.05, 0.1) is 14.2 Å². The maximum absolute atomic E-state index is 9.10. The first kappa shape index (κ1) is 21.7. The third kappa shape index (κ3) is 6.89. The Morgan fingerprint density at radius 3 is 1.96 bits per heavy atom. The van der Waals surface area contributed by atoms with Crippen LogP contribution in [0, 0.1) is 0 Å². The number of hydrogen-bond acceptors (Lipinski definition) is 6. The molecule has 2 rings (SSSR count). The van der Waals surface area contributed by atoms with Crippen LogP contribution in [0.2, 0.25) is 0 Å². The van der Waals surface area contributed by atoms with Gasteiger partial charge in [0.2, 0.25) is 0 Å². The molecule has 1 aromatic carbocycles. The van der Waals surface area contributed by atoms with Crippen LogP contribution in [0.25, 0.3) is 0 Å². The molecule has 8 nitrogen and oxygen atoms in total. The fraction of sp³-hybridized carbons (Fsp3) is 0.556. The standard InChI is InChI=1S/C16H26N2O2.C2H2O4/c1-13(2)18-9-7-17(8-10-18)12-14-5-6-15(19-3)16(11-14)20-4;3-1(4)2(5)6/h5-6,11,13H,7-10,12H2,1-4H3;(H,3,4)(H,5,6). The molecule has 0 amide bonds. The fourth-order valence-corrected chi connectivity index (χ4v) is 2.68. The quantitative estimate of drug-likeness (QED) is 0.752. The van der Waals surface area contributed by atoms with E-state index < -0.39 is 11.9 Å². The molecule has 0 saturated carbocycles. The van der Waals surface area contributed by atoms with Crippen molar-refractivity contribution in [2.45, 2.75) is 26.4 Å². The molecule has 0 radical (unpaired) electrons. The van der Waals surface area contributed by atoms with Gasteiger partial charge in [-0.25, -0.2) is 9.59 Å². The van der Waals surface area contributed by atoms with E-state index in [2.05, 4.69) is 35.8 Å². The van der Waals surface area contributed by atoms with Crippen molar-refractivity contribution in [1.82, 2.24) is 9.80 Å². The van der Waals surface area contributed by atoms with Crippen molar-refractivity contribution in [3.8, 4) is 11.5 Å². The van der Waals surface area contributed by atoms with Crippen LogP contribution in [0.5, 0.6) is 11.5 Å². The Balaban J connectivity index is 0.000000487. The maximum Gasteiger partial charge on any atom is 0.414 e. The van der Waals surface area contributed by atoms with E-state index in [1.54, 1.807) is 14.2 Å². The summed E-state index contributed by atoms with van der Waals surface area (Å²) in [5.41, 5.74) is 1.28. The average Bonchev–Trinajstić information content (AvgIpc) is 2.62. The summed E-state index contributed by atoms with van der Waals surface area (Å²) in [6.45, 7) is 10.1. The molecule has 0 spiro atoms. The lowest BCUT2D eigenvalue weighted by molar-refractivity contribution is -0.159. The molecular formula is C18H28N2O6. The number of rotatable bonds is 5. The molecular weight excluding hydrogens is 340 g/mol. The number of nitrogens with zero attached hydrogens (tertiary/aromatic N) is 2. The van der Waals surface area contributed by atoms with E-state index in [9.17, 15) is 0 Å². The molecule has 1 aromatic rings. The van der Waals surface area contributed by atoms with Crippen molar-refractivity contribution in [2.75, 3.05) is 40.4 Å². The van der Waals surface area contributed by atoms with Gasteiger partial charge in [-0.2, -0.15) is 0 Å². The summed E-state index contributed by atoms with van der Waals surface area (Å²) in [4.78, 5) is 23.2. The van der Waals surface area contributed by atoms with Crippen LogP contribution in [0.1, 0.15) is 19.4 Å². The normalized spacial score (nSPS) is 15.1. The highest BCUT2D eigenvalue weighted by Gasteiger charge is 2.19. The predicted molar refractivity (Wildman–Crippen MR) is 96.8 cm³/mol. The summed E-state index contributed by atoms with van der Waals surface area (Å²) in [7, 11) is 3.35. The fourth-order valence-electron chi connectivity index (χ4n) is 2.68. The molecule has 0 bridgehead atoms. The zero-order valence-corrected chi connectivity index (χ0v) is 15.8. The maximum atomic E-state index is 9.10. The molecule has 146 valence electrons. The molecule has 0 atom stereocenters. The van der Waals surface area contributed by atoms with Gasteiger partial charge in [-0.1, -0.05) is 6.07 Å². The molecule has 0 aliphatic carbocycles. The van der Waals surface area contributed by atoms with Crippen LogP contribution in [0.4, 0.5) is 0 Å². The Morgan fingerprint density at radius 2 is 1.54 bits per heavy atom. The van der Waals surface area contributed by atoms with E-state index >= 15 is 0 Å². The van der Waals surface area contributed by atoms with Gasteiger partial charge in [0, 0.05) is 38.8 Å². The summed E-state index contributed by atoms with van der Waals surface area (Å²) < 4.78 is 10.6. The Hall–Kier alpha value is -2.32. The molecule has 1 aliphatic heterocycles. The van der Waals surface area contributed by atoms with E-state index in [1.807, 2.05) is 6.07 Å². The summed E-state index contributed by atoms with van der Waals surface area (Å²) in [6.07, 6.45) is 0. The molecule has 26 heavy (non-hydrogen) atoms. The van der Waals surface area contributed by atoms with Crippen LogP contribution in [0.15, 0.2) is 18.2 Å². The predicted octanol–water partition coefficient (Wildman–Crippen LogP) is 1.39. The number of carboxylic acids is 2. The van der Waals surface area contributed by atoms with Crippen LogP contribution in [0.3, 0.4) is 0 Å². The van der Waals surface area contributed by atoms with Crippen molar-refractivity contribution in [3.63, 3.8) is 0 Å². The van der Waals surface area contributed by atoms with Crippen molar-refractivity contribution >= 4 is 11.9 Å². The smallest absolute Gasteiger partial charge is 0.414 e. The first-order valence-corrected chi connectivity index (χ1v) is 8.42. The molecule has 8 heteroatoms. The highest BCUT2D eigenvalue weighted by molar-refractivity contribution is 6.27. The zero-order valence-electron chi connectivity index (χ0n) is 15.8. The number of carbonyl (C=O) groups is 2. The molecule has 2 N–H and O–H groups in total. The lowest BCUT2D eigenvalue weighted by Crippen LogP contribution is -2.48. The summed E-state index contributed by atoms with van der Waals surface area (Å²) >= 11 is 0. The number of methoxy groups -OCH3 is 2. The van der Waals surface area contributed by atoms with E-state index in [1.165, 1.54) is 5.56 Å². The molecule has 1 heterocycles. The van der Waals surface area contributed by atoms with Gasteiger partial charge in [-0.3, -0.25) is 9.80 Å². The number of benzene rings is 1. The highest BCUT2D eigenvalue weighted by Crippen LogP contribution is 2.28. The lowest BCUT2D eigenvalue weighted by Gasteiger charge is -2.37. The molecule has 1 saturated heterocycles. The largest absolute Gasteiger partial charge is 0.493 e. The van der Waals surface area contributed by atoms with Gasteiger partial charge in [-0.15, -0.1) is 0 Å². The number of carboxylic acid groups (broad SMARTS) is 2. The van der Waals surface area contributed by atoms with E-state index in [0.717, 1.165) is 44.2 Å². The van der Waals surface area contributed by atoms with E-state index in [0.29, 0.717) is 6.04 Å². The third-order valence-corrected chi connectivity index (χ3v) is 4.17. The molecule has 0 unspecified atom stereocenters. The molecule has 0 aromatic heterocycles. The number of piperazine rings is 1. The summed E-state index contributed by atoms with van der Waals surface area (Å²) in [5.74, 6) is -2.04. The Kier molecular flexibility index (Phi) is 8.87. The van der Waals surface area contributed by atoms with Crippen molar-refractivity contribution in [1.29, 1.82) is 0 Å². The van der Waals surface area contributed by atoms with Crippen molar-refractivity contribution < 1.29 is 29.3 Å². The van der Waals surface area contributed by atoms with Crippen molar-refractivity contribution in [2.24, 2.45) is 0 Å². The van der Waals surface area contributed by atoms with Gasteiger partial charge in [0.1, 0.15) is 0 Å². The first-order chi connectivity index (χ1) is 12.3. The van der Waals surface area contributed by atoms with Crippen LogP contribution in [-0.4, -0.2) is 78.4 Å². The van der Waals surface area contributed by atoms with Crippen molar-refractivity contribution in [3.05, 3.63) is 23.8 Å². The monoisotopic (exact) mass is 368 g/mol. The Morgan fingerprint density at radius 1 is 1.00 bits per heavy atom. The minimum atomic E-state index is -1.82. The second-order valence-electron chi connectivity index (χ2n) is 6.21. The van der Waals surface area contributed by atoms with Gasteiger partial charge in [-0.05, 0) is 31.5 Å². The van der Waals surface area contributed by atoms with Crippen LogP contribution < -0.4 is 9.47 Å². The second kappa shape index (κ2) is 10.6. The van der Waals surface area contributed by atoms with Gasteiger partial charge >= 0.3 is 11.9 Å². The van der Waals surface area contributed by atoms with E-state index in [4.69, 9.17) is 29.3 Å². The minimum Gasteiger partial charge on any atom is -0.493 e. The van der Waals surface area contributed by atoms with Crippen LogP contribution >= 0.6 is 0 Å². The average molecular weight is 368 g/mol. The van der Waals surface area contributed by atoms with Gasteiger partial charge < -0.3 is 19.7 Å². The summed E-state index contributed by atoms with van der Waals surface area (Å²) in [5, 5.41) is 14.8. The molecule has 1 fully saturated rings. The Labute approximate surface area is 153 Å². The zero-order chi connectivity index (χ0) is 19.7. The first-order valence-electron chi connectivity index (χ1n) is 8.42. The van der Waals surface area contributed by atoms with Gasteiger partial charge in [0.25, 0.3) is 0 Å². The Bertz CT molecular complexity index is 585. The molecule has 1 aliphatic rings. The van der Waals surface area contributed by atoms with E-state index in [-0.39, 0.29) is 0 Å². The lowest BCUT2D eigenvalue weighted by atomic mass is 10.1. The third-order valence-electron chi connectivity index (χ3n) is 4.17. The van der Waals surface area contributed by atoms with Crippen LogP contribution in [-0.2, 0) is 16.1 Å².